The van der Waals surface area contributed by atoms with Gasteiger partial charge in [-0.1, -0.05) is 23.9 Å². The maximum absolute atomic E-state index is 13.6. The maximum atomic E-state index is 13.6. The number of benzene rings is 2. The Morgan fingerprint density at radius 1 is 1.20 bits per heavy atom. The lowest BCUT2D eigenvalue weighted by Gasteiger charge is -2.14. The number of nitrogens with one attached hydrogen (secondary N) is 1. The van der Waals surface area contributed by atoms with Crippen LogP contribution in [0.4, 0.5) is 10.1 Å². The first-order valence-corrected chi connectivity index (χ1v) is 11.0. The highest BCUT2D eigenvalue weighted by Gasteiger charge is 2.17. The molecule has 4 rings (SSSR count). The lowest BCUT2D eigenvalue weighted by molar-refractivity contribution is -0.113. The van der Waals surface area contributed by atoms with E-state index < -0.39 is 0 Å². The van der Waals surface area contributed by atoms with Gasteiger partial charge in [-0.3, -0.25) is 14.2 Å². The number of fused-ring (bicyclic) bond motifs is 1. The number of carbonyl (C=O) groups is 1. The number of carbonyl (C=O) groups excluding carboxylic acids is 1. The molecule has 0 unspecified atom stereocenters. The Labute approximate surface area is 180 Å². The van der Waals surface area contributed by atoms with E-state index in [1.807, 2.05) is 31.2 Å². The number of nitrogens with zero attached hydrogens (tertiary/aromatic N) is 2. The number of thioether (sulfide) groups is 1. The zero-order chi connectivity index (χ0) is 21.3. The second-order valence-electron chi connectivity index (χ2n) is 6.81. The molecule has 0 atom stereocenters. The summed E-state index contributed by atoms with van der Waals surface area (Å²) in [7, 11) is 0. The van der Waals surface area contributed by atoms with E-state index in [0.29, 0.717) is 32.3 Å². The van der Waals surface area contributed by atoms with Gasteiger partial charge in [0.1, 0.15) is 10.5 Å². The third-order valence-corrected chi connectivity index (χ3v) is 6.31. The molecule has 0 saturated carbocycles. The second-order valence-corrected chi connectivity index (χ2v) is 8.67. The minimum absolute atomic E-state index is 0.0796. The summed E-state index contributed by atoms with van der Waals surface area (Å²) in [6.07, 6.45) is 0. The van der Waals surface area contributed by atoms with E-state index in [4.69, 9.17) is 0 Å². The highest BCUT2D eigenvalue weighted by atomic mass is 32.2. The predicted octanol–water partition coefficient (Wildman–Crippen LogP) is 4.93. The first-order valence-electron chi connectivity index (χ1n) is 9.18. The molecule has 8 heteroatoms. The lowest BCUT2D eigenvalue weighted by Crippen LogP contribution is -2.23. The summed E-state index contributed by atoms with van der Waals surface area (Å²) in [4.78, 5) is 30.2. The van der Waals surface area contributed by atoms with Gasteiger partial charge in [0.2, 0.25) is 5.91 Å². The SMILES string of the molecule is Cc1cccc(NC(=O)CSc2nc3ccsc3c(=O)n2-c2ccc(F)cc2C)c1. The Bertz CT molecular complexity index is 1310. The fourth-order valence-corrected chi connectivity index (χ4v) is 4.69. The quantitative estimate of drug-likeness (QED) is 0.354. The van der Waals surface area contributed by atoms with Gasteiger partial charge < -0.3 is 5.32 Å². The molecule has 152 valence electrons. The van der Waals surface area contributed by atoms with Crippen molar-refractivity contribution >= 4 is 44.9 Å². The number of rotatable bonds is 5. The van der Waals surface area contributed by atoms with Crippen molar-refractivity contribution < 1.29 is 9.18 Å². The van der Waals surface area contributed by atoms with Gasteiger partial charge in [-0.15, -0.1) is 11.3 Å². The van der Waals surface area contributed by atoms with Crippen molar-refractivity contribution in [3.63, 3.8) is 0 Å². The van der Waals surface area contributed by atoms with Gasteiger partial charge in [0.15, 0.2) is 5.16 Å². The fraction of sp³-hybridized carbons (Fsp3) is 0.136. The van der Waals surface area contributed by atoms with Crippen LogP contribution in [0.25, 0.3) is 15.9 Å². The van der Waals surface area contributed by atoms with Crippen LogP contribution in [0.5, 0.6) is 0 Å². The van der Waals surface area contributed by atoms with Gasteiger partial charge in [0.25, 0.3) is 5.56 Å². The van der Waals surface area contributed by atoms with Gasteiger partial charge in [-0.05, 0) is 66.8 Å². The molecule has 0 radical (unpaired) electrons. The Morgan fingerprint density at radius 3 is 2.80 bits per heavy atom. The highest BCUT2D eigenvalue weighted by Crippen LogP contribution is 2.25. The van der Waals surface area contributed by atoms with Gasteiger partial charge in [-0.25, -0.2) is 9.37 Å². The molecule has 0 fully saturated rings. The Balaban J connectivity index is 1.67. The molecule has 1 N–H and O–H groups in total. The number of halogens is 1. The van der Waals surface area contributed by atoms with E-state index in [1.165, 1.54) is 39.8 Å². The van der Waals surface area contributed by atoms with Crippen LogP contribution in [0, 0.1) is 19.7 Å². The fourth-order valence-electron chi connectivity index (χ4n) is 3.12. The molecule has 5 nitrogen and oxygen atoms in total. The number of aromatic nitrogens is 2. The lowest BCUT2D eigenvalue weighted by atomic mass is 10.2. The van der Waals surface area contributed by atoms with Crippen LogP contribution >= 0.6 is 23.1 Å². The van der Waals surface area contributed by atoms with Crippen LogP contribution in [0.3, 0.4) is 0 Å². The zero-order valence-electron chi connectivity index (χ0n) is 16.3. The monoisotopic (exact) mass is 439 g/mol. The van der Waals surface area contributed by atoms with Crippen LogP contribution in [0.2, 0.25) is 0 Å². The maximum Gasteiger partial charge on any atom is 0.276 e. The van der Waals surface area contributed by atoms with Crippen LogP contribution in [-0.2, 0) is 4.79 Å². The molecule has 4 aromatic rings. The molecular weight excluding hydrogens is 421 g/mol. The average Bonchev–Trinajstić information content (AvgIpc) is 3.16. The Morgan fingerprint density at radius 2 is 2.03 bits per heavy atom. The summed E-state index contributed by atoms with van der Waals surface area (Å²) in [6, 6.07) is 13.6. The van der Waals surface area contributed by atoms with Gasteiger partial charge in [0.05, 0.1) is 17.0 Å². The van der Waals surface area contributed by atoms with Crippen LogP contribution in [-0.4, -0.2) is 21.2 Å². The summed E-state index contributed by atoms with van der Waals surface area (Å²) in [5, 5.41) is 5.05. The van der Waals surface area contributed by atoms with Crippen molar-refractivity contribution in [2.75, 3.05) is 11.1 Å². The summed E-state index contributed by atoms with van der Waals surface area (Å²) in [5.41, 5.74) is 3.28. The highest BCUT2D eigenvalue weighted by molar-refractivity contribution is 7.99. The van der Waals surface area contributed by atoms with E-state index in [1.54, 1.807) is 24.4 Å². The van der Waals surface area contributed by atoms with Crippen molar-refractivity contribution in [3.05, 3.63) is 81.2 Å². The first kappa shape index (κ1) is 20.3. The van der Waals surface area contributed by atoms with Crippen molar-refractivity contribution in [1.29, 1.82) is 0 Å². The predicted molar refractivity (Wildman–Crippen MR) is 120 cm³/mol. The van der Waals surface area contributed by atoms with Crippen LogP contribution in [0.1, 0.15) is 11.1 Å². The smallest absolute Gasteiger partial charge is 0.276 e. The van der Waals surface area contributed by atoms with E-state index in [0.717, 1.165) is 5.56 Å². The largest absolute Gasteiger partial charge is 0.325 e. The number of amides is 1. The third kappa shape index (κ3) is 4.15. The molecule has 0 aliphatic carbocycles. The normalized spacial score (nSPS) is 11.0. The summed E-state index contributed by atoms with van der Waals surface area (Å²) in [5.74, 6) is -0.496. The van der Waals surface area contributed by atoms with Crippen molar-refractivity contribution in [2.24, 2.45) is 0 Å². The molecule has 30 heavy (non-hydrogen) atoms. The van der Waals surface area contributed by atoms with E-state index in [9.17, 15) is 14.0 Å². The molecule has 2 aromatic carbocycles. The van der Waals surface area contributed by atoms with Crippen LogP contribution < -0.4 is 10.9 Å². The molecule has 0 aliphatic rings. The zero-order valence-corrected chi connectivity index (χ0v) is 17.9. The first-order chi connectivity index (χ1) is 14.4. The molecule has 2 aromatic heterocycles. The molecule has 0 spiro atoms. The minimum atomic E-state index is -0.374. The second kappa shape index (κ2) is 8.41. The van der Waals surface area contributed by atoms with Crippen molar-refractivity contribution in [2.45, 2.75) is 19.0 Å². The molecule has 1 amide bonds. The van der Waals surface area contributed by atoms with E-state index in [2.05, 4.69) is 10.3 Å². The summed E-state index contributed by atoms with van der Waals surface area (Å²) in [6.45, 7) is 3.69. The average molecular weight is 440 g/mol. The number of thiophene rings is 1. The summed E-state index contributed by atoms with van der Waals surface area (Å²) >= 11 is 2.48. The van der Waals surface area contributed by atoms with Gasteiger partial charge in [0, 0.05) is 5.69 Å². The van der Waals surface area contributed by atoms with Gasteiger partial charge >= 0.3 is 0 Å². The van der Waals surface area contributed by atoms with Crippen molar-refractivity contribution in [3.8, 4) is 5.69 Å². The number of anilines is 1. The summed E-state index contributed by atoms with van der Waals surface area (Å²) < 4.78 is 15.6. The molecule has 0 aliphatic heterocycles. The molecule has 0 bridgehead atoms. The molecular formula is C22H18FN3O2S2. The number of hydrogen-bond donors (Lipinski definition) is 1. The van der Waals surface area contributed by atoms with Crippen molar-refractivity contribution in [1.82, 2.24) is 9.55 Å². The standard InChI is InChI=1S/C22H18FN3O2S2/c1-13-4-3-5-16(10-13)24-19(27)12-30-22-25-17-8-9-29-20(17)21(28)26(22)18-7-6-15(23)11-14(18)2/h3-11H,12H2,1-2H3,(H,24,27). The topological polar surface area (TPSA) is 64.0 Å². The minimum Gasteiger partial charge on any atom is -0.325 e. The third-order valence-electron chi connectivity index (χ3n) is 4.48. The van der Waals surface area contributed by atoms with E-state index in [-0.39, 0.29) is 23.0 Å². The Hall–Kier alpha value is -2.97. The molecule has 0 saturated heterocycles. The Kier molecular flexibility index (Phi) is 5.69. The van der Waals surface area contributed by atoms with Gasteiger partial charge in [-0.2, -0.15) is 0 Å². The van der Waals surface area contributed by atoms with E-state index >= 15 is 0 Å². The molecule has 2 heterocycles. The number of hydrogen-bond acceptors (Lipinski definition) is 5. The number of aryl methyl sites for hydroxylation is 2. The van der Waals surface area contributed by atoms with Crippen LogP contribution in [0.15, 0.2) is 63.9 Å².